The summed E-state index contributed by atoms with van der Waals surface area (Å²) in [4.78, 5) is 3.70. The molecule has 0 spiro atoms. The summed E-state index contributed by atoms with van der Waals surface area (Å²) in [7, 11) is -1.08. The van der Waals surface area contributed by atoms with Crippen LogP contribution in [0.25, 0.3) is 0 Å². The van der Waals surface area contributed by atoms with E-state index in [1.807, 2.05) is 11.9 Å². The van der Waals surface area contributed by atoms with Crippen LogP contribution in [0.4, 0.5) is 13.2 Å². The maximum absolute atomic E-state index is 12.8. The molecule has 21 heavy (non-hydrogen) atoms. The molecule has 1 aliphatic heterocycles. The van der Waals surface area contributed by atoms with Crippen molar-refractivity contribution in [2.24, 2.45) is 0 Å². The number of benzene rings is 1. The molecule has 4 nitrogen and oxygen atoms in total. The van der Waals surface area contributed by atoms with Crippen LogP contribution in [0.15, 0.2) is 23.1 Å². The first-order valence-corrected chi connectivity index (χ1v) is 7.57. The number of alkyl halides is 3. The van der Waals surface area contributed by atoms with Crippen molar-refractivity contribution in [3.05, 3.63) is 35.9 Å². The first kappa shape index (κ1) is 16.3. The van der Waals surface area contributed by atoms with Gasteiger partial charge in [-0.2, -0.15) is 13.2 Å². The number of likely N-dealkylation sites (N-methyl/N-ethyl adjacent to an activating group) is 1. The summed E-state index contributed by atoms with van der Waals surface area (Å²) in [6.45, 7) is 4.62. The molecule has 117 valence electrons. The molecule has 0 N–H and O–H groups in total. The molecule has 2 rings (SSSR count). The first-order valence-electron chi connectivity index (χ1n) is 6.40. The van der Waals surface area contributed by atoms with Gasteiger partial charge in [-0.3, -0.25) is 4.90 Å². The van der Waals surface area contributed by atoms with Crippen molar-refractivity contribution in [2.75, 3.05) is 33.2 Å². The van der Waals surface area contributed by atoms with E-state index < -0.39 is 22.4 Å². The Morgan fingerprint density at radius 2 is 1.71 bits per heavy atom. The van der Waals surface area contributed by atoms with Gasteiger partial charge in [0.25, 0.3) is 0 Å². The Morgan fingerprint density at radius 3 is 2.24 bits per heavy atom. The van der Waals surface area contributed by atoms with Crippen LogP contribution in [0.1, 0.15) is 11.1 Å². The fourth-order valence-electron chi connectivity index (χ4n) is 2.14. The fourth-order valence-corrected chi connectivity index (χ4v) is 2.64. The lowest BCUT2D eigenvalue weighted by Gasteiger charge is -2.32. The average Bonchev–Trinajstić information content (AvgIpc) is 2.40. The lowest BCUT2D eigenvalue weighted by atomic mass is 10.1. The molecule has 1 saturated heterocycles. The minimum Gasteiger partial charge on any atom is -0.304 e. The molecule has 0 amide bonds. The van der Waals surface area contributed by atoms with E-state index in [1.165, 1.54) is 6.07 Å². The van der Waals surface area contributed by atoms with E-state index >= 15 is 0 Å². The Morgan fingerprint density at radius 1 is 1.10 bits per heavy atom. The van der Waals surface area contributed by atoms with Gasteiger partial charge in [0.15, 0.2) is 10.7 Å². The van der Waals surface area contributed by atoms with E-state index in [4.69, 9.17) is 0 Å². The van der Waals surface area contributed by atoms with Gasteiger partial charge in [-0.1, -0.05) is 0 Å². The average molecular weight is 321 g/mol. The van der Waals surface area contributed by atoms with Crippen LogP contribution in [0.3, 0.4) is 0 Å². The van der Waals surface area contributed by atoms with Crippen molar-refractivity contribution >= 4 is 10.7 Å². The van der Waals surface area contributed by atoms with Crippen molar-refractivity contribution < 1.29 is 21.6 Å². The molecule has 1 radical (unpaired) electrons. The zero-order chi connectivity index (χ0) is 15.6. The Balaban J connectivity index is 2.24. The van der Waals surface area contributed by atoms with Crippen molar-refractivity contribution in [3.63, 3.8) is 0 Å². The third kappa shape index (κ3) is 4.42. The number of nitrogens with zero attached hydrogens (tertiary/aromatic N) is 2. The number of hydrogen-bond acceptors (Lipinski definition) is 4. The number of hydrogen-bond donors (Lipinski definition) is 1. The second kappa shape index (κ2) is 6.33. The second-order valence-electron chi connectivity index (χ2n) is 5.04. The van der Waals surface area contributed by atoms with Gasteiger partial charge < -0.3 is 4.90 Å². The highest BCUT2D eigenvalue weighted by molar-refractivity contribution is 7.72. The number of piperazine rings is 1. The summed E-state index contributed by atoms with van der Waals surface area (Å²) in [6, 6.07) is 2.90. The Hall–Kier alpha value is -1.12. The van der Waals surface area contributed by atoms with Crippen LogP contribution < -0.4 is 0 Å². The third-order valence-electron chi connectivity index (χ3n) is 3.35. The third-order valence-corrected chi connectivity index (χ3v) is 4.03. The topological polar surface area (TPSA) is 40.6 Å². The standard InChI is InChI=1S/C13H16F3N2O2S/c1-17-2-4-18(5-3-17)9-10-6-11(13(14,15)16)8-12(7-10)21(19)20/h6-9,21H,2-5H2,1H3. The molecule has 1 aromatic rings. The molecular weight excluding hydrogens is 305 g/mol. The molecule has 1 aromatic carbocycles. The molecule has 0 unspecified atom stereocenters. The molecule has 0 aromatic heterocycles. The zero-order valence-electron chi connectivity index (χ0n) is 11.4. The Labute approximate surface area is 123 Å². The minimum absolute atomic E-state index is 0.253. The number of rotatable bonds is 3. The highest BCUT2D eigenvalue weighted by Gasteiger charge is 2.31. The van der Waals surface area contributed by atoms with E-state index in [0.717, 1.165) is 19.2 Å². The van der Waals surface area contributed by atoms with Crippen molar-refractivity contribution in [1.82, 2.24) is 9.80 Å². The van der Waals surface area contributed by atoms with E-state index in [-0.39, 0.29) is 10.5 Å². The van der Waals surface area contributed by atoms with Gasteiger partial charge in [0.1, 0.15) is 0 Å². The lowest BCUT2D eigenvalue weighted by Crippen LogP contribution is -2.43. The maximum atomic E-state index is 12.8. The molecule has 1 heterocycles. The Bertz CT molecular complexity index is 571. The molecule has 0 saturated carbocycles. The van der Waals surface area contributed by atoms with Gasteiger partial charge in [-0.15, -0.1) is 0 Å². The SMILES string of the molecule is CN1CCN([CH]c2cc([SH](=O)=O)cc(C(F)(F)F)c2)CC1. The predicted molar refractivity (Wildman–Crippen MR) is 72.5 cm³/mol. The van der Waals surface area contributed by atoms with Gasteiger partial charge in [-0.05, 0) is 30.8 Å². The van der Waals surface area contributed by atoms with Crippen molar-refractivity contribution in [2.45, 2.75) is 11.1 Å². The summed E-state index contributed by atoms with van der Waals surface area (Å²) in [5, 5.41) is 0. The van der Waals surface area contributed by atoms with Gasteiger partial charge in [0.2, 0.25) is 0 Å². The predicted octanol–water partition coefficient (Wildman–Crippen LogP) is 1.43. The largest absolute Gasteiger partial charge is 0.416 e. The number of thiol groups is 1. The summed E-state index contributed by atoms with van der Waals surface area (Å²) in [5.74, 6) is 0. The molecule has 1 aliphatic rings. The molecule has 1 fully saturated rings. The van der Waals surface area contributed by atoms with Crippen LogP contribution in [-0.2, 0) is 16.9 Å². The summed E-state index contributed by atoms with van der Waals surface area (Å²) < 4.78 is 60.4. The quantitative estimate of drug-likeness (QED) is 0.855. The highest BCUT2D eigenvalue weighted by Crippen LogP contribution is 2.31. The summed E-state index contributed by atoms with van der Waals surface area (Å²) in [6.07, 6.45) is -4.56. The van der Waals surface area contributed by atoms with Gasteiger partial charge in [0, 0.05) is 26.2 Å². The second-order valence-corrected chi connectivity index (χ2v) is 6.07. The molecule has 0 aliphatic carbocycles. The van der Waals surface area contributed by atoms with Crippen molar-refractivity contribution in [3.8, 4) is 0 Å². The Kier molecular flexibility index (Phi) is 4.90. The monoisotopic (exact) mass is 321 g/mol. The molecule has 0 bridgehead atoms. The highest BCUT2D eigenvalue weighted by atomic mass is 32.2. The van der Waals surface area contributed by atoms with E-state index in [0.29, 0.717) is 19.2 Å². The minimum atomic E-state index is -4.56. The number of halogens is 3. The van der Waals surface area contributed by atoms with Crippen LogP contribution in [0.5, 0.6) is 0 Å². The van der Waals surface area contributed by atoms with Gasteiger partial charge in [0.05, 0.1) is 17.0 Å². The lowest BCUT2D eigenvalue weighted by molar-refractivity contribution is -0.137. The van der Waals surface area contributed by atoms with Crippen molar-refractivity contribution in [1.29, 1.82) is 0 Å². The van der Waals surface area contributed by atoms with Gasteiger partial charge in [-0.25, -0.2) is 8.42 Å². The molecular formula is C13H16F3N2O2S. The summed E-state index contributed by atoms with van der Waals surface area (Å²) in [5.41, 5.74) is -0.692. The van der Waals surface area contributed by atoms with Gasteiger partial charge >= 0.3 is 6.18 Å². The van der Waals surface area contributed by atoms with Crippen LogP contribution in [-0.4, -0.2) is 51.4 Å². The smallest absolute Gasteiger partial charge is 0.304 e. The van der Waals surface area contributed by atoms with E-state index in [9.17, 15) is 21.6 Å². The van der Waals surface area contributed by atoms with Crippen LogP contribution in [0, 0.1) is 6.54 Å². The first-order chi connectivity index (χ1) is 9.75. The van der Waals surface area contributed by atoms with E-state index in [2.05, 4.69) is 4.90 Å². The zero-order valence-corrected chi connectivity index (χ0v) is 12.3. The summed E-state index contributed by atoms with van der Waals surface area (Å²) >= 11 is 0. The fraction of sp³-hybridized carbons (Fsp3) is 0.462. The normalized spacial score (nSPS) is 18.3. The van der Waals surface area contributed by atoms with E-state index in [1.54, 1.807) is 6.54 Å². The molecule has 0 atom stereocenters. The van der Waals surface area contributed by atoms with Crippen LogP contribution >= 0.6 is 0 Å². The van der Waals surface area contributed by atoms with Crippen LogP contribution in [0.2, 0.25) is 0 Å². The maximum Gasteiger partial charge on any atom is 0.416 e. The molecule has 8 heteroatoms.